The van der Waals surface area contributed by atoms with Crippen molar-refractivity contribution < 1.29 is 14.6 Å². The van der Waals surface area contributed by atoms with E-state index in [1.165, 1.54) is 6.21 Å². The van der Waals surface area contributed by atoms with Crippen molar-refractivity contribution in [2.24, 2.45) is 10.9 Å². The first-order chi connectivity index (χ1) is 9.51. The molecule has 1 aromatic rings. The summed E-state index contributed by atoms with van der Waals surface area (Å²) in [5.41, 5.74) is 0.793. The van der Waals surface area contributed by atoms with E-state index in [9.17, 15) is 14.6 Å². The molecule has 0 saturated carbocycles. The summed E-state index contributed by atoms with van der Waals surface area (Å²) in [7, 11) is 0. The van der Waals surface area contributed by atoms with Crippen LogP contribution < -0.4 is 0 Å². The predicted molar refractivity (Wildman–Crippen MR) is 80.2 cm³/mol. The van der Waals surface area contributed by atoms with Crippen LogP contribution in [0, 0.1) is 5.92 Å². The van der Waals surface area contributed by atoms with Gasteiger partial charge in [-0.3, -0.25) is 4.99 Å². The second-order valence-electron chi connectivity index (χ2n) is 5.31. The quantitative estimate of drug-likeness (QED) is 0.750. The van der Waals surface area contributed by atoms with Gasteiger partial charge in [0.2, 0.25) is 0 Å². The van der Waals surface area contributed by atoms with Gasteiger partial charge in [-0.1, -0.05) is 39.3 Å². The van der Waals surface area contributed by atoms with Gasteiger partial charge in [0.1, 0.15) is 11.9 Å². The first-order valence-electron chi connectivity index (χ1n) is 7.11. The number of phenolic OH excluding ortho intramolecular Hbond substituents is 1. The molecule has 0 spiro atoms. The number of hydrogen-bond donors (Lipinski definition) is 2. The van der Waals surface area contributed by atoms with Crippen LogP contribution in [-0.2, 0) is 0 Å². The molecule has 0 aromatic heterocycles. The van der Waals surface area contributed by atoms with Gasteiger partial charge in [-0.15, -0.1) is 0 Å². The Morgan fingerprint density at radius 1 is 1.35 bits per heavy atom. The molecule has 0 fully saturated rings. The number of aliphatic hydroxyl groups is 1. The molecule has 0 aliphatic carbocycles. The number of rotatable bonds is 7. The fraction of sp³-hybridized carbons (Fsp3) is 0.562. The monoisotopic (exact) mass is 281 g/mol. The number of aliphatic hydroxyl groups excluding tert-OH is 1. The van der Waals surface area contributed by atoms with Crippen LogP contribution in [0.3, 0.4) is 0 Å². The van der Waals surface area contributed by atoms with E-state index in [0.29, 0.717) is 17.5 Å². The van der Waals surface area contributed by atoms with E-state index in [2.05, 4.69) is 4.99 Å². The number of aliphatic imine (C=N–C) groups is 1. The molecule has 20 heavy (non-hydrogen) atoms. The molecule has 0 radical (unpaired) electrons. The third kappa shape index (κ3) is 4.30. The number of hydrogen-bond acceptors (Lipinski definition) is 3. The minimum atomic E-state index is -1.16. The highest BCUT2D eigenvalue weighted by molar-refractivity contribution is 5.84. The van der Waals surface area contributed by atoms with Crippen LogP contribution in [-0.4, -0.2) is 29.1 Å². The predicted octanol–water partition coefficient (Wildman–Crippen LogP) is 3.64. The van der Waals surface area contributed by atoms with Gasteiger partial charge >= 0.3 is 0 Å². The van der Waals surface area contributed by atoms with Gasteiger partial charge in [0.25, 0.3) is 0 Å². The van der Waals surface area contributed by atoms with Crippen LogP contribution in [0.15, 0.2) is 23.2 Å². The summed E-state index contributed by atoms with van der Waals surface area (Å²) < 4.78 is 13.9. The third-order valence-corrected chi connectivity index (χ3v) is 3.34. The second-order valence-corrected chi connectivity index (χ2v) is 5.31. The Balaban J connectivity index is 2.97. The third-order valence-electron chi connectivity index (χ3n) is 3.34. The number of phenols is 1. The lowest BCUT2D eigenvalue weighted by atomic mass is 10.0. The summed E-state index contributed by atoms with van der Waals surface area (Å²) in [5.74, 6) is 0.147. The normalized spacial score (nSPS) is 14.9. The Morgan fingerprint density at radius 3 is 2.60 bits per heavy atom. The van der Waals surface area contributed by atoms with Crippen molar-refractivity contribution in [2.45, 2.75) is 45.8 Å². The summed E-state index contributed by atoms with van der Waals surface area (Å²) in [6.07, 6.45) is 1.46. The van der Waals surface area contributed by atoms with Gasteiger partial charge in [0, 0.05) is 17.3 Å². The smallest absolute Gasteiger partial charge is 0.130 e. The lowest BCUT2D eigenvalue weighted by Crippen LogP contribution is -2.17. The molecule has 0 heterocycles. The van der Waals surface area contributed by atoms with E-state index < -0.39 is 6.17 Å². The first-order valence-corrected chi connectivity index (χ1v) is 7.11. The standard InChI is InChI=1S/C16H24FNO2/c1-4-6-14(17)13-8-5-7-12(16(13)20)9-18-15(10-19)11(2)3/h5,7-9,11,14-15,19-20H,4,6,10H2,1-3H3/t14?,15-/m1/s1. The van der Waals surface area contributed by atoms with Crippen LogP contribution in [0.4, 0.5) is 4.39 Å². The van der Waals surface area contributed by atoms with Crippen LogP contribution in [0.5, 0.6) is 5.75 Å². The van der Waals surface area contributed by atoms with Crippen molar-refractivity contribution >= 4 is 6.21 Å². The molecule has 0 amide bonds. The van der Waals surface area contributed by atoms with E-state index in [1.807, 2.05) is 20.8 Å². The van der Waals surface area contributed by atoms with Crippen molar-refractivity contribution in [1.82, 2.24) is 0 Å². The highest BCUT2D eigenvalue weighted by Gasteiger charge is 2.15. The Hall–Kier alpha value is -1.42. The molecular formula is C16H24FNO2. The highest BCUT2D eigenvalue weighted by Crippen LogP contribution is 2.32. The Morgan fingerprint density at radius 2 is 2.05 bits per heavy atom. The van der Waals surface area contributed by atoms with E-state index in [4.69, 9.17) is 0 Å². The lowest BCUT2D eigenvalue weighted by Gasteiger charge is -2.14. The minimum Gasteiger partial charge on any atom is -0.507 e. The second kappa shape index (κ2) is 8.00. The molecule has 4 heteroatoms. The summed E-state index contributed by atoms with van der Waals surface area (Å²) in [4.78, 5) is 4.26. The maximum Gasteiger partial charge on any atom is 0.130 e. The molecular weight excluding hydrogens is 257 g/mol. The van der Waals surface area contributed by atoms with Gasteiger partial charge in [-0.05, 0) is 18.4 Å². The number of benzene rings is 1. The van der Waals surface area contributed by atoms with E-state index in [1.54, 1.807) is 18.2 Å². The summed E-state index contributed by atoms with van der Waals surface area (Å²) >= 11 is 0. The van der Waals surface area contributed by atoms with Crippen molar-refractivity contribution in [1.29, 1.82) is 0 Å². The van der Waals surface area contributed by atoms with Gasteiger partial charge in [0.15, 0.2) is 0 Å². The van der Waals surface area contributed by atoms with Crippen LogP contribution in [0.1, 0.15) is 50.9 Å². The van der Waals surface area contributed by atoms with Crippen molar-refractivity contribution in [3.8, 4) is 5.75 Å². The van der Waals surface area contributed by atoms with Crippen molar-refractivity contribution in [2.75, 3.05) is 6.61 Å². The number of para-hydroxylation sites is 1. The zero-order valence-corrected chi connectivity index (χ0v) is 12.4. The molecule has 112 valence electrons. The highest BCUT2D eigenvalue weighted by atomic mass is 19.1. The Bertz CT molecular complexity index is 446. The molecule has 1 unspecified atom stereocenters. The molecule has 0 bridgehead atoms. The van der Waals surface area contributed by atoms with Crippen LogP contribution >= 0.6 is 0 Å². The molecule has 2 N–H and O–H groups in total. The maximum atomic E-state index is 13.9. The average molecular weight is 281 g/mol. The summed E-state index contributed by atoms with van der Waals surface area (Å²) in [6, 6.07) is 4.78. The molecule has 3 nitrogen and oxygen atoms in total. The number of alkyl halides is 1. The molecule has 1 aromatic carbocycles. The maximum absolute atomic E-state index is 13.9. The zero-order chi connectivity index (χ0) is 15.1. The van der Waals surface area contributed by atoms with Crippen LogP contribution in [0.2, 0.25) is 0 Å². The van der Waals surface area contributed by atoms with Gasteiger partial charge in [-0.2, -0.15) is 0 Å². The van der Waals surface area contributed by atoms with E-state index in [0.717, 1.165) is 6.42 Å². The molecule has 2 atom stereocenters. The van der Waals surface area contributed by atoms with Gasteiger partial charge in [-0.25, -0.2) is 4.39 Å². The molecule has 0 aliphatic rings. The average Bonchev–Trinajstić information content (AvgIpc) is 2.41. The fourth-order valence-electron chi connectivity index (χ4n) is 1.95. The molecule has 1 rings (SSSR count). The number of halogens is 1. The number of aromatic hydroxyl groups is 1. The largest absolute Gasteiger partial charge is 0.507 e. The van der Waals surface area contributed by atoms with E-state index >= 15 is 0 Å². The Kier molecular flexibility index (Phi) is 6.65. The van der Waals surface area contributed by atoms with Gasteiger partial charge < -0.3 is 10.2 Å². The molecule has 0 aliphatic heterocycles. The topological polar surface area (TPSA) is 52.8 Å². The first kappa shape index (κ1) is 16.6. The summed E-state index contributed by atoms with van der Waals surface area (Å²) in [5, 5.41) is 19.3. The summed E-state index contributed by atoms with van der Waals surface area (Å²) in [6.45, 7) is 5.79. The number of nitrogens with zero attached hydrogens (tertiary/aromatic N) is 1. The minimum absolute atomic E-state index is 0.0454. The molecule has 0 saturated heterocycles. The van der Waals surface area contributed by atoms with E-state index in [-0.39, 0.29) is 24.3 Å². The van der Waals surface area contributed by atoms with Gasteiger partial charge in [0.05, 0.1) is 12.6 Å². The Labute approximate surface area is 120 Å². The lowest BCUT2D eigenvalue weighted by molar-refractivity contribution is 0.240. The van der Waals surface area contributed by atoms with Crippen LogP contribution in [0.25, 0.3) is 0 Å². The van der Waals surface area contributed by atoms with Crippen molar-refractivity contribution in [3.63, 3.8) is 0 Å². The van der Waals surface area contributed by atoms with Crippen molar-refractivity contribution in [3.05, 3.63) is 29.3 Å². The SMILES string of the molecule is CCCC(F)c1cccc(C=N[C@H](CO)C(C)C)c1O. The zero-order valence-electron chi connectivity index (χ0n) is 12.4. The fourth-order valence-corrected chi connectivity index (χ4v) is 1.95.